The molecule has 0 aliphatic rings. The molecule has 140 valence electrons. The molecule has 0 radical (unpaired) electrons. The van der Waals surface area contributed by atoms with Gasteiger partial charge < -0.3 is 15.2 Å². The predicted octanol–water partition coefficient (Wildman–Crippen LogP) is 3.44. The van der Waals surface area contributed by atoms with Gasteiger partial charge in [0.1, 0.15) is 0 Å². The molecule has 1 aromatic rings. The van der Waals surface area contributed by atoms with Crippen molar-refractivity contribution in [1.29, 1.82) is 0 Å². The number of urea groups is 1. The molecule has 0 atom stereocenters. The molecule has 1 rings (SSSR count). The molecule has 1 aromatic carbocycles. The third kappa shape index (κ3) is 6.17. The summed E-state index contributed by atoms with van der Waals surface area (Å²) < 4.78 is 43.9. The fourth-order valence-electron chi connectivity index (χ4n) is 2.12. The normalized spacial score (nSPS) is 11.1. The van der Waals surface area contributed by atoms with Gasteiger partial charge in [0.2, 0.25) is 0 Å². The summed E-state index contributed by atoms with van der Waals surface area (Å²) in [6.45, 7) is 2.33. The van der Waals surface area contributed by atoms with Crippen LogP contribution in [0.2, 0.25) is 0 Å². The molecule has 25 heavy (non-hydrogen) atoms. The second-order valence-corrected chi connectivity index (χ2v) is 5.34. The molecule has 0 saturated heterocycles. The first-order valence-electron chi connectivity index (χ1n) is 7.78. The third-order valence-corrected chi connectivity index (χ3v) is 3.41. The highest BCUT2D eigenvalue weighted by molar-refractivity contribution is 6.05. The van der Waals surface area contributed by atoms with Crippen LogP contribution in [0.5, 0.6) is 11.5 Å². The minimum atomic E-state index is -4.86. The van der Waals surface area contributed by atoms with E-state index < -0.39 is 40.7 Å². The number of amides is 3. The Kier molecular flexibility index (Phi) is 7.53. The van der Waals surface area contributed by atoms with E-state index in [9.17, 15) is 27.9 Å². The monoisotopic (exact) mass is 362 g/mol. The number of hydrogen-bond acceptors (Lipinski definition) is 4. The maximum absolute atomic E-state index is 13.1. The molecule has 0 bridgehead atoms. The van der Waals surface area contributed by atoms with Gasteiger partial charge in [-0.15, -0.1) is 0 Å². The van der Waals surface area contributed by atoms with Crippen LogP contribution < -0.4 is 15.4 Å². The Morgan fingerprint density at radius 2 is 1.88 bits per heavy atom. The number of ether oxygens (including phenoxy) is 1. The van der Waals surface area contributed by atoms with Crippen LogP contribution in [0.4, 0.5) is 18.0 Å². The van der Waals surface area contributed by atoms with E-state index in [1.165, 1.54) is 0 Å². The first-order chi connectivity index (χ1) is 11.7. The van der Waals surface area contributed by atoms with Gasteiger partial charge in [-0.3, -0.25) is 10.1 Å². The van der Waals surface area contributed by atoms with E-state index in [4.69, 9.17) is 0 Å². The van der Waals surface area contributed by atoms with Crippen molar-refractivity contribution in [1.82, 2.24) is 10.6 Å². The van der Waals surface area contributed by atoms with Crippen LogP contribution in [-0.4, -0.2) is 30.7 Å². The number of carbonyl (C=O) groups is 2. The number of benzene rings is 1. The van der Waals surface area contributed by atoms with Crippen molar-refractivity contribution in [2.24, 2.45) is 0 Å². The number of phenols is 1. The second-order valence-electron chi connectivity index (χ2n) is 5.34. The van der Waals surface area contributed by atoms with Gasteiger partial charge in [-0.05, 0) is 18.6 Å². The Bertz CT molecular complexity index is 618. The summed E-state index contributed by atoms with van der Waals surface area (Å²) in [5.41, 5.74) is -2.18. The molecule has 0 aliphatic carbocycles. The lowest BCUT2D eigenvalue weighted by Crippen LogP contribution is -2.40. The van der Waals surface area contributed by atoms with Crippen molar-refractivity contribution in [2.45, 2.75) is 38.8 Å². The smallest absolute Gasteiger partial charge is 0.417 e. The van der Waals surface area contributed by atoms with Crippen LogP contribution in [0.3, 0.4) is 0 Å². The van der Waals surface area contributed by atoms with Gasteiger partial charge in [-0.25, -0.2) is 4.79 Å². The topological polar surface area (TPSA) is 87.7 Å². The fourth-order valence-corrected chi connectivity index (χ4v) is 2.12. The van der Waals surface area contributed by atoms with Gasteiger partial charge in [0.25, 0.3) is 5.91 Å². The van der Waals surface area contributed by atoms with E-state index in [2.05, 4.69) is 10.1 Å². The first-order valence-corrected chi connectivity index (χ1v) is 7.78. The number of alkyl halides is 3. The molecule has 3 amide bonds. The number of aromatic hydroxyl groups is 1. The van der Waals surface area contributed by atoms with E-state index in [1.54, 1.807) is 0 Å². The maximum atomic E-state index is 13.1. The van der Waals surface area contributed by atoms with Crippen LogP contribution in [-0.2, 0) is 6.18 Å². The van der Waals surface area contributed by atoms with Crippen molar-refractivity contribution >= 4 is 11.9 Å². The minimum Gasteiger partial charge on any atom is -0.504 e. The number of halogens is 3. The van der Waals surface area contributed by atoms with Gasteiger partial charge in [0.15, 0.2) is 11.5 Å². The number of methoxy groups -OCH3 is 1. The summed E-state index contributed by atoms with van der Waals surface area (Å²) in [7, 11) is 1.08. The average molecular weight is 362 g/mol. The number of nitrogens with one attached hydrogen (secondary N) is 2. The summed E-state index contributed by atoms with van der Waals surface area (Å²) in [5.74, 6) is -2.33. The summed E-state index contributed by atoms with van der Waals surface area (Å²) in [6.07, 6.45) is -1.24. The number of carbonyl (C=O) groups excluding carboxylic acids is 2. The number of unbranched alkanes of at least 4 members (excludes halogenated alkanes) is 3. The van der Waals surface area contributed by atoms with Gasteiger partial charge in [-0.1, -0.05) is 26.2 Å². The zero-order chi connectivity index (χ0) is 19.0. The highest BCUT2D eigenvalue weighted by Gasteiger charge is 2.37. The summed E-state index contributed by atoms with van der Waals surface area (Å²) in [5, 5.41) is 13.8. The predicted molar refractivity (Wildman–Crippen MR) is 84.7 cm³/mol. The van der Waals surface area contributed by atoms with Gasteiger partial charge >= 0.3 is 12.2 Å². The molecule has 0 heterocycles. The van der Waals surface area contributed by atoms with Crippen molar-refractivity contribution in [3.8, 4) is 11.5 Å². The summed E-state index contributed by atoms with van der Waals surface area (Å²) in [6, 6.07) is 0.225. The minimum absolute atomic E-state index is 0.305. The first kappa shape index (κ1) is 20.6. The quantitative estimate of drug-likeness (QED) is 0.649. The second kappa shape index (κ2) is 9.14. The lowest BCUT2D eigenvalue weighted by molar-refractivity contribution is -0.138. The van der Waals surface area contributed by atoms with E-state index in [1.807, 2.05) is 12.2 Å². The molecule has 6 nitrogen and oxygen atoms in total. The van der Waals surface area contributed by atoms with Crippen LogP contribution >= 0.6 is 0 Å². The Morgan fingerprint density at radius 3 is 2.44 bits per heavy atom. The van der Waals surface area contributed by atoms with E-state index in [0.29, 0.717) is 25.1 Å². The molecule has 9 heteroatoms. The molecule has 0 fully saturated rings. The Hall–Kier alpha value is -2.45. The number of hydrogen-bond donors (Lipinski definition) is 3. The van der Waals surface area contributed by atoms with Crippen LogP contribution in [0.15, 0.2) is 12.1 Å². The number of rotatable bonds is 7. The van der Waals surface area contributed by atoms with E-state index in [0.717, 1.165) is 26.4 Å². The highest BCUT2D eigenvalue weighted by Crippen LogP contribution is 2.38. The fraction of sp³-hybridized carbons (Fsp3) is 0.500. The largest absolute Gasteiger partial charge is 0.504 e. The lowest BCUT2D eigenvalue weighted by Gasteiger charge is -2.15. The molecule has 0 saturated carbocycles. The average Bonchev–Trinajstić information content (AvgIpc) is 2.53. The van der Waals surface area contributed by atoms with Crippen molar-refractivity contribution in [3.63, 3.8) is 0 Å². The standard InChI is InChI=1S/C16H21F3N2O4/c1-3-4-5-6-7-20-15(24)21-14(23)10-8-12(22)13(25-2)9-11(10)16(17,18)19/h8-9,22H,3-7H2,1-2H3,(H2,20,21,23,24). The van der Waals surface area contributed by atoms with Crippen molar-refractivity contribution in [3.05, 3.63) is 23.3 Å². The SMILES string of the molecule is CCCCCCNC(=O)NC(=O)c1cc(O)c(OC)cc1C(F)(F)F. The van der Waals surface area contributed by atoms with E-state index >= 15 is 0 Å². The van der Waals surface area contributed by atoms with E-state index in [-0.39, 0.29) is 0 Å². The Balaban J connectivity index is 2.83. The number of imide groups is 1. The van der Waals surface area contributed by atoms with Crippen LogP contribution in [0.1, 0.15) is 48.5 Å². The van der Waals surface area contributed by atoms with Gasteiger partial charge in [-0.2, -0.15) is 13.2 Å². The Labute approximate surface area is 143 Å². The zero-order valence-corrected chi connectivity index (χ0v) is 14.0. The highest BCUT2D eigenvalue weighted by atomic mass is 19.4. The molecule has 0 aromatic heterocycles. The van der Waals surface area contributed by atoms with Crippen LogP contribution in [0, 0.1) is 0 Å². The Morgan fingerprint density at radius 1 is 1.20 bits per heavy atom. The molecule has 3 N–H and O–H groups in total. The third-order valence-electron chi connectivity index (χ3n) is 3.41. The number of phenolic OH excluding ortho intramolecular Hbond substituents is 1. The van der Waals surface area contributed by atoms with Gasteiger partial charge in [0, 0.05) is 6.54 Å². The molecule has 0 aliphatic heterocycles. The van der Waals surface area contributed by atoms with Crippen molar-refractivity contribution < 1.29 is 32.6 Å². The van der Waals surface area contributed by atoms with Crippen molar-refractivity contribution in [2.75, 3.05) is 13.7 Å². The summed E-state index contributed by atoms with van der Waals surface area (Å²) >= 11 is 0. The molecule has 0 unspecified atom stereocenters. The maximum Gasteiger partial charge on any atom is 0.417 e. The molecular weight excluding hydrogens is 341 g/mol. The summed E-state index contributed by atoms with van der Waals surface area (Å²) in [4.78, 5) is 23.6. The van der Waals surface area contributed by atoms with Gasteiger partial charge in [0.05, 0.1) is 18.2 Å². The molecular formula is C16H21F3N2O4. The lowest BCUT2D eigenvalue weighted by atomic mass is 10.0. The van der Waals surface area contributed by atoms with Crippen LogP contribution in [0.25, 0.3) is 0 Å². The zero-order valence-electron chi connectivity index (χ0n) is 14.0. The molecule has 0 spiro atoms.